The second kappa shape index (κ2) is 6.55. The van der Waals surface area contributed by atoms with Gasteiger partial charge in [0.05, 0.1) is 16.9 Å². The number of hydrogen-bond acceptors (Lipinski definition) is 2. The Bertz CT molecular complexity index is 745. The minimum Gasteiger partial charge on any atom is -0.257 e. The normalized spacial score (nSPS) is 11.2. The van der Waals surface area contributed by atoms with Crippen LogP contribution in [0.4, 0.5) is 0 Å². The molecule has 3 heterocycles. The number of fused-ring (bicyclic) bond motifs is 1. The fourth-order valence-electron chi connectivity index (χ4n) is 2.28. The van der Waals surface area contributed by atoms with Crippen LogP contribution in [0.25, 0.3) is 17.7 Å². The number of aromatic nitrogens is 3. The molecule has 0 fully saturated rings. The molecule has 0 amide bonds. The van der Waals surface area contributed by atoms with E-state index in [2.05, 4.69) is 36.1 Å². The standard InChI is InChI=1S/C17H17N3.ClH/c1-13(2)17-15(10-9-14-7-3-5-11-18-14)16-8-4-6-12-20(16)19-17;/h3-13H,1-2H3;1H/b10-9+;. The molecule has 0 aromatic carbocycles. The summed E-state index contributed by atoms with van der Waals surface area (Å²) in [6.45, 7) is 4.33. The first-order valence-electron chi connectivity index (χ1n) is 6.82. The molecule has 0 aliphatic rings. The van der Waals surface area contributed by atoms with Gasteiger partial charge in [-0.15, -0.1) is 12.4 Å². The first-order chi connectivity index (χ1) is 9.75. The van der Waals surface area contributed by atoms with E-state index in [-0.39, 0.29) is 12.4 Å². The SMILES string of the molecule is CC(C)c1nn2ccccc2c1/C=C/c1ccccn1.Cl. The van der Waals surface area contributed by atoms with Gasteiger partial charge < -0.3 is 0 Å². The Labute approximate surface area is 130 Å². The van der Waals surface area contributed by atoms with Crippen LogP contribution in [0.5, 0.6) is 0 Å². The fraction of sp³-hybridized carbons (Fsp3) is 0.176. The lowest BCUT2D eigenvalue weighted by Crippen LogP contribution is -1.91. The smallest absolute Gasteiger partial charge is 0.0737 e. The molecule has 0 saturated heterocycles. The largest absolute Gasteiger partial charge is 0.257 e. The molecule has 0 aliphatic heterocycles. The molecule has 3 nitrogen and oxygen atoms in total. The zero-order valence-electron chi connectivity index (χ0n) is 12.1. The van der Waals surface area contributed by atoms with Crippen LogP contribution in [0.3, 0.4) is 0 Å². The highest BCUT2D eigenvalue weighted by Gasteiger charge is 2.12. The van der Waals surface area contributed by atoms with E-state index in [1.54, 1.807) is 6.20 Å². The van der Waals surface area contributed by atoms with Crippen molar-refractivity contribution in [3.8, 4) is 0 Å². The average Bonchev–Trinajstić information content (AvgIpc) is 2.85. The summed E-state index contributed by atoms with van der Waals surface area (Å²) in [6.07, 6.45) is 7.94. The first kappa shape index (κ1) is 15.3. The van der Waals surface area contributed by atoms with Gasteiger partial charge in [-0.25, -0.2) is 4.52 Å². The predicted molar refractivity (Wildman–Crippen MR) is 89.7 cm³/mol. The third-order valence-electron chi connectivity index (χ3n) is 3.26. The van der Waals surface area contributed by atoms with E-state index in [4.69, 9.17) is 0 Å². The summed E-state index contributed by atoms with van der Waals surface area (Å²) < 4.78 is 1.94. The molecule has 4 heteroatoms. The van der Waals surface area contributed by atoms with Crippen LogP contribution in [-0.2, 0) is 0 Å². The molecule has 21 heavy (non-hydrogen) atoms. The Balaban J connectivity index is 0.00000161. The molecule has 3 aromatic rings. The highest BCUT2D eigenvalue weighted by atomic mass is 35.5. The zero-order valence-corrected chi connectivity index (χ0v) is 12.9. The summed E-state index contributed by atoms with van der Waals surface area (Å²) in [6, 6.07) is 12.0. The van der Waals surface area contributed by atoms with Crippen LogP contribution in [0.1, 0.15) is 36.7 Å². The Hall–Kier alpha value is -2.13. The van der Waals surface area contributed by atoms with E-state index in [1.165, 1.54) is 5.56 Å². The topological polar surface area (TPSA) is 30.2 Å². The molecule has 108 valence electrons. The highest BCUT2D eigenvalue weighted by molar-refractivity contribution is 5.85. The van der Waals surface area contributed by atoms with Gasteiger partial charge in [-0.05, 0) is 42.3 Å². The molecular weight excluding hydrogens is 282 g/mol. The van der Waals surface area contributed by atoms with Gasteiger partial charge >= 0.3 is 0 Å². The van der Waals surface area contributed by atoms with Crippen LogP contribution in [0, 0.1) is 0 Å². The summed E-state index contributed by atoms with van der Waals surface area (Å²) in [7, 11) is 0. The summed E-state index contributed by atoms with van der Waals surface area (Å²) in [5.41, 5.74) is 4.37. The molecule has 0 N–H and O–H groups in total. The zero-order chi connectivity index (χ0) is 13.9. The third-order valence-corrected chi connectivity index (χ3v) is 3.26. The van der Waals surface area contributed by atoms with Crippen molar-refractivity contribution in [2.75, 3.05) is 0 Å². The lowest BCUT2D eigenvalue weighted by molar-refractivity contribution is 0.787. The van der Waals surface area contributed by atoms with Crippen molar-refractivity contribution < 1.29 is 0 Å². The lowest BCUT2D eigenvalue weighted by Gasteiger charge is -2.01. The van der Waals surface area contributed by atoms with Crippen molar-refractivity contribution in [2.24, 2.45) is 0 Å². The molecule has 0 bridgehead atoms. The number of rotatable bonds is 3. The molecule has 0 aliphatic carbocycles. The maximum Gasteiger partial charge on any atom is 0.0737 e. The van der Waals surface area contributed by atoms with Crippen molar-refractivity contribution in [3.05, 3.63) is 65.7 Å². The van der Waals surface area contributed by atoms with E-state index in [0.29, 0.717) is 5.92 Å². The molecule has 3 aromatic heterocycles. The summed E-state index contributed by atoms with van der Waals surface area (Å²) in [4.78, 5) is 4.32. The van der Waals surface area contributed by atoms with Gasteiger partial charge in [-0.1, -0.05) is 26.0 Å². The van der Waals surface area contributed by atoms with Crippen molar-refractivity contribution in [3.63, 3.8) is 0 Å². The molecule has 0 radical (unpaired) electrons. The maximum absolute atomic E-state index is 4.67. The second-order valence-electron chi connectivity index (χ2n) is 5.07. The number of halogens is 1. The Morgan fingerprint density at radius 3 is 2.57 bits per heavy atom. The Kier molecular flexibility index (Phi) is 4.76. The van der Waals surface area contributed by atoms with E-state index in [9.17, 15) is 0 Å². The summed E-state index contributed by atoms with van der Waals surface area (Å²) in [5.74, 6) is 0.387. The molecule has 0 saturated carbocycles. The van der Waals surface area contributed by atoms with Gasteiger partial charge in [0.2, 0.25) is 0 Å². The van der Waals surface area contributed by atoms with Gasteiger partial charge in [0, 0.05) is 18.0 Å². The Morgan fingerprint density at radius 1 is 1.05 bits per heavy atom. The third kappa shape index (κ3) is 3.14. The quantitative estimate of drug-likeness (QED) is 0.715. The molecule has 0 atom stereocenters. The van der Waals surface area contributed by atoms with Crippen molar-refractivity contribution in [1.29, 1.82) is 0 Å². The number of pyridine rings is 2. The highest BCUT2D eigenvalue weighted by Crippen LogP contribution is 2.24. The van der Waals surface area contributed by atoms with Crippen LogP contribution < -0.4 is 0 Å². The van der Waals surface area contributed by atoms with Gasteiger partial charge in [0.15, 0.2) is 0 Å². The fourth-order valence-corrected chi connectivity index (χ4v) is 2.28. The van der Waals surface area contributed by atoms with E-state index < -0.39 is 0 Å². The van der Waals surface area contributed by atoms with Gasteiger partial charge in [0.25, 0.3) is 0 Å². The average molecular weight is 300 g/mol. The monoisotopic (exact) mass is 299 g/mol. The molecular formula is C17H18ClN3. The van der Waals surface area contributed by atoms with E-state index in [0.717, 1.165) is 16.9 Å². The molecule has 0 unspecified atom stereocenters. The van der Waals surface area contributed by atoms with Crippen molar-refractivity contribution in [2.45, 2.75) is 19.8 Å². The van der Waals surface area contributed by atoms with Crippen LogP contribution in [0.2, 0.25) is 0 Å². The van der Waals surface area contributed by atoms with Crippen LogP contribution in [0.15, 0.2) is 48.8 Å². The van der Waals surface area contributed by atoms with Crippen molar-refractivity contribution in [1.82, 2.24) is 14.6 Å². The molecule has 0 spiro atoms. The van der Waals surface area contributed by atoms with Gasteiger partial charge in [0.1, 0.15) is 0 Å². The van der Waals surface area contributed by atoms with Gasteiger partial charge in [-0.3, -0.25) is 4.98 Å². The van der Waals surface area contributed by atoms with Crippen LogP contribution >= 0.6 is 12.4 Å². The number of hydrogen-bond donors (Lipinski definition) is 0. The van der Waals surface area contributed by atoms with E-state index >= 15 is 0 Å². The summed E-state index contributed by atoms with van der Waals surface area (Å²) in [5, 5.41) is 4.67. The number of nitrogens with zero attached hydrogens (tertiary/aromatic N) is 3. The minimum atomic E-state index is 0. The predicted octanol–water partition coefficient (Wildman–Crippen LogP) is 4.44. The van der Waals surface area contributed by atoms with Crippen molar-refractivity contribution >= 4 is 30.1 Å². The van der Waals surface area contributed by atoms with Crippen LogP contribution in [-0.4, -0.2) is 14.6 Å². The minimum absolute atomic E-state index is 0. The molecule has 3 rings (SSSR count). The first-order valence-corrected chi connectivity index (χ1v) is 6.82. The van der Waals surface area contributed by atoms with Gasteiger partial charge in [-0.2, -0.15) is 5.10 Å². The van der Waals surface area contributed by atoms with E-state index in [1.807, 2.05) is 47.1 Å². The second-order valence-corrected chi connectivity index (χ2v) is 5.07. The summed E-state index contributed by atoms with van der Waals surface area (Å²) >= 11 is 0. The maximum atomic E-state index is 4.67. The lowest BCUT2D eigenvalue weighted by atomic mass is 10.0. The Morgan fingerprint density at radius 2 is 1.86 bits per heavy atom.